The first kappa shape index (κ1) is 16.3. The molecule has 1 heterocycles. The van der Waals surface area contributed by atoms with Gasteiger partial charge in [0.1, 0.15) is 10.6 Å². The standard InChI is InChI=1S/C13H15BrN2O3S2/c1-8-5-11(19-2)12(6-10(8)15)21(17,18)16-7-9-3-4-13(14)20-9/h3-6,16H,7,15H2,1-2H3. The average Bonchev–Trinajstić information content (AvgIpc) is 2.85. The lowest BCUT2D eigenvalue weighted by atomic mass is 10.2. The van der Waals surface area contributed by atoms with Crippen molar-refractivity contribution in [1.82, 2.24) is 4.72 Å². The lowest BCUT2D eigenvalue weighted by Gasteiger charge is -2.12. The number of anilines is 1. The first-order valence-electron chi connectivity index (χ1n) is 6.01. The summed E-state index contributed by atoms with van der Waals surface area (Å²) in [5, 5.41) is 0. The van der Waals surface area contributed by atoms with Crippen LogP contribution >= 0.6 is 27.3 Å². The molecular formula is C13H15BrN2O3S2. The molecule has 2 rings (SSSR count). The molecule has 1 aromatic carbocycles. The van der Waals surface area contributed by atoms with E-state index in [4.69, 9.17) is 10.5 Å². The highest BCUT2D eigenvalue weighted by Gasteiger charge is 2.20. The topological polar surface area (TPSA) is 81.4 Å². The van der Waals surface area contributed by atoms with Crippen molar-refractivity contribution < 1.29 is 13.2 Å². The molecule has 0 saturated carbocycles. The van der Waals surface area contributed by atoms with Gasteiger partial charge in [0.05, 0.1) is 10.9 Å². The fraction of sp³-hybridized carbons (Fsp3) is 0.231. The van der Waals surface area contributed by atoms with E-state index >= 15 is 0 Å². The third-order valence-corrected chi connectivity index (χ3v) is 5.95. The van der Waals surface area contributed by atoms with Crippen molar-refractivity contribution in [1.29, 1.82) is 0 Å². The van der Waals surface area contributed by atoms with Crippen LogP contribution in [0.1, 0.15) is 10.4 Å². The molecular weight excluding hydrogens is 376 g/mol. The van der Waals surface area contributed by atoms with E-state index in [2.05, 4.69) is 20.7 Å². The zero-order chi connectivity index (χ0) is 15.6. The van der Waals surface area contributed by atoms with Gasteiger partial charge in [0.15, 0.2) is 0 Å². The molecule has 0 aliphatic heterocycles. The van der Waals surface area contributed by atoms with Crippen LogP contribution in [0.4, 0.5) is 5.69 Å². The molecule has 0 spiro atoms. The van der Waals surface area contributed by atoms with Crippen LogP contribution in [0.25, 0.3) is 0 Å². The van der Waals surface area contributed by atoms with Crippen molar-refractivity contribution in [2.24, 2.45) is 0 Å². The molecule has 0 radical (unpaired) electrons. The lowest BCUT2D eigenvalue weighted by molar-refractivity contribution is 0.402. The zero-order valence-electron chi connectivity index (χ0n) is 11.5. The summed E-state index contributed by atoms with van der Waals surface area (Å²) in [4.78, 5) is 0.952. The van der Waals surface area contributed by atoms with Gasteiger partial charge in [0.25, 0.3) is 0 Å². The molecule has 114 valence electrons. The number of thiophene rings is 1. The molecule has 1 aromatic heterocycles. The first-order valence-corrected chi connectivity index (χ1v) is 9.11. The average molecular weight is 391 g/mol. The van der Waals surface area contributed by atoms with Gasteiger partial charge in [-0.15, -0.1) is 11.3 Å². The van der Waals surface area contributed by atoms with Gasteiger partial charge in [-0.1, -0.05) is 0 Å². The van der Waals surface area contributed by atoms with E-state index in [1.54, 1.807) is 13.0 Å². The molecule has 0 aliphatic carbocycles. The Morgan fingerprint density at radius 1 is 1.38 bits per heavy atom. The van der Waals surface area contributed by atoms with Crippen LogP contribution in [0.3, 0.4) is 0 Å². The molecule has 21 heavy (non-hydrogen) atoms. The summed E-state index contributed by atoms with van der Waals surface area (Å²) in [6.07, 6.45) is 0. The normalized spacial score (nSPS) is 11.6. The van der Waals surface area contributed by atoms with Crippen molar-refractivity contribution >= 4 is 43.0 Å². The number of aryl methyl sites for hydroxylation is 1. The second kappa shape index (κ2) is 6.35. The van der Waals surface area contributed by atoms with Crippen LogP contribution < -0.4 is 15.2 Å². The summed E-state index contributed by atoms with van der Waals surface area (Å²) in [5.41, 5.74) is 6.98. The van der Waals surface area contributed by atoms with Crippen LogP contribution in [0.15, 0.2) is 32.9 Å². The second-order valence-corrected chi connectivity index (χ2v) is 8.67. The van der Waals surface area contributed by atoms with Gasteiger partial charge in [0, 0.05) is 17.1 Å². The van der Waals surface area contributed by atoms with Gasteiger partial charge in [-0.05, 0) is 52.7 Å². The molecule has 0 atom stereocenters. The van der Waals surface area contributed by atoms with Gasteiger partial charge in [-0.3, -0.25) is 0 Å². The van der Waals surface area contributed by atoms with Gasteiger partial charge in [0.2, 0.25) is 10.0 Å². The Hall–Kier alpha value is -1.09. The van der Waals surface area contributed by atoms with Crippen molar-refractivity contribution in [3.8, 4) is 5.75 Å². The summed E-state index contributed by atoms with van der Waals surface area (Å²) in [6, 6.07) is 6.77. The Labute approximate surface area is 136 Å². The molecule has 5 nitrogen and oxygen atoms in total. The number of nitrogen functional groups attached to an aromatic ring is 1. The Balaban J connectivity index is 2.28. The maximum atomic E-state index is 12.4. The van der Waals surface area contributed by atoms with E-state index in [1.165, 1.54) is 24.5 Å². The van der Waals surface area contributed by atoms with Crippen LogP contribution in [0.5, 0.6) is 5.75 Å². The van der Waals surface area contributed by atoms with Crippen molar-refractivity contribution in [2.75, 3.05) is 12.8 Å². The number of sulfonamides is 1. The third-order valence-electron chi connectivity index (χ3n) is 2.91. The quantitative estimate of drug-likeness (QED) is 0.768. The molecule has 0 bridgehead atoms. The minimum absolute atomic E-state index is 0.0451. The van der Waals surface area contributed by atoms with E-state index < -0.39 is 10.0 Å². The number of nitrogens with one attached hydrogen (secondary N) is 1. The number of ether oxygens (including phenoxy) is 1. The van der Waals surface area contributed by atoms with Crippen molar-refractivity contribution in [3.05, 3.63) is 38.5 Å². The number of benzene rings is 1. The molecule has 3 N–H and O–H groups in total. The summed E-state index contributed by atoms with van der Waals surface area (Å²) >= 11 is 4.82. The van der Waals surface area contributed by atoms with Crippen molar-refractivity contribution in [2.45, 2.75) is 18.4 Å². The SMILES string of the molecule is COc1cc(C)c(N)cc1S(=O)(=O)NCc1ccc(Br)s1. The number of halogens is 1. The number of nitrogens with two attached hydrogens (primary N) is 1. The Morgan fingerprint density at radius 2 is 2.10 bits per heavy atom. The number of hydrogen-bond donors (Lipinski definition) is 2. The van der Waals surface area contributed by atoms with E-state index in [0.29, 0.717) is 5.69 Å². The number of methoxy groups -OCH3 is 1. The fourth-order valence-corrected chi connectivity index (χ4v) is 4.44. The summed E-state index contributed by atoms with van der Waals surface area (Å²) in [7, 11) is -2.26. The third kappa shape index (κ3) is 3.76. The summed E-state index contributed by atoms with van der Waals surface area (Å²) in [6.45, 7) is 2.01. The molecule has 0 unspecified atom stereocenters. The van der Waals surface area contributed by atoms with Gasteiger partial charge in [-0.2, -0.15) is 0 Å². The highest BCUT2D eigenvalue weighted by molar-refractivity contribution is 9.11. The first-order chi connectivity index (χ1) is 9.83. The largest absolute Gasteiger partial charge is 0.495 e. The minimum atomic E-state index is -3.69. The number of rotatable bonds is 5. The van der Waals surface area contributed by atoms with Gasteiger partial charge >= 0.3 is 0 Å². The minimum Gasteiger partial charge on any atom is -0.495 e. The molecule has 2 aromatic rings. The second-order valence-electron chi connectivity index (χ2n) is 4.39. The highest BCUT2D eigenvalue weighted by Crippen LogP contribution is 2.29. The highest BCUT2D eigenvalue weighted by atomic mass is 79.9. The maximum absolute atomic E-state index is 12.4. The molecule has 0 fully saturated rings. The molecule has 0 aliphatic rings. The van der Waals surface area contributed by atoms with E-state index in [9.17, 15) is 8.42 Å². The Kier molecular flexibility index (Phi) is 4.92. The van der Waals surface area contributed by atoms with Crippen LogP contribution in [-0.4, -0.2) is 15.5 Å². The Bertz CT molecular complexity index is 757. The number of hydrogen-bond acceptors (Lipinski definition) is 5. The lowest BCUT2D eigenvalue weighted by Crippen LogP contribution is -2.23. The molecule has 0 amide bonds. The van der Waals surface area contributed by atoms with Crippen LogP contribution in [0, 0.1) is 6.92 Å². The molecule has 8 heteroatoms. The maximum Gasteiger partial charge on any atom is 0.244 e. The zero-order valence-corrected chi connectivity index (χ0v) is 14.7. The van der Waals surface area contributed by atoms with Gasteiger partial charge in [-0.25, -0.2) is 13.1 Å². The van der Waals surface area contributed by atoms with Crippen LogP contribution in [-0.2, 0) is 16.6 Å². The summed E-state index contributed by atoms with van der Waals surface area (Å²) in [5.74, 6) is 0.279. The van der Waals surface area contributed by atoms with Gasteiger partial charge < -0.3 is 10.5 Å². The smallest absolute Gasteiger partial charge is 0.244 e. The monoisotopic (exact) mass is 390 g/mol. The molecule has 0 saturated heterocycles. The van der Waals surface area contributed by atoms with Crippen LogP contribution in [0.2, 0.25) is 0 Å². The van der Waals surface area contributed by atoms with E-state index in [0.717, 1.165) is 14.2 Å². The predicted molar refractivity (Wildman–Crippen MR) is 88.2 cm³/mol. The summed E-state index contributed by atoms with van der Waals surface area (Å²) < 4.78 is 33.5. The van der Waals surface area contributed by atoms with E-state index in [-0.39, 0.29) is 17.2 Å². The fourth-order valence-electron chi connectivity index (χ4n) is 1.74. The van der Waals surface area contributed by atoms with Crippen molar-refractivity contribution in [3.63, 3.8) is 0 Å². The Morgan fingerprint density at radius 3 is 2.67 bits per heavy atom. The predicted octanol–water partition coefficient (Wildman–Crippen LogP) is 2.89. The van der Waals surface area contributed by atoms with E-state index in [1.807, 2.05) is 12.1 Å².